The highest BCUT2D eigenvalue weighted by molar-refractivity contribution is 5.78. The number of aryl methyl sites for hydroxylation is 2. The first-order chi connectivity index (χ1) is 10.5. The maximum atomic E-state index is 11.7. The van der Waals surface area contributed by atoms with Crippen molar-refractivity contribution in [3.8, 4) is 5.75 Å². The highest BCUT2D eigenvalue weighted by atomic mass is 16.5. The number of carbonyl (C=O) groups excluding carboxylic acids is 2. The summed E-state index contributed by atoms with van der Waals surface area (Å²) < 4.78 is 5.49. The summed E-state index contributed by atoms with van der Waals surface area (Å²) in [6.07, 6.45) is 2.43. The second-order valence-electron chi connectivity index (χ2n) is 5.36. The van der Waals surface area contributed by atoms with Crippen LogP contribution in [0.15, 0.2) is 18.2 Å². The van der Waals surface area contributed by atoms with Gasteiger partial charge in [-0.05, 0) is 31.9 Å². The van der Waals surface area contributed by atoms with Crippen molar-refractivity contribution in [2.24, 2.45) is 0 Å². The molecule has 2 amide bonds. The number of rotatable bonds is 9. The normalized spacial score (nSPS) is 10.1. The van der Waals surface area contributed by atoms with Crippen molar-refractivity contribution >= 4 is 11.8 Å². The standard InChI is InChI=1S/C17H26N2O3/c1-4-5-6-16(20)18-9-10-19-17(21)12-22-15-8-7-13(2)11-14(15)3/h7-8,11H,4-6,9-10,12H2,1-3H3,(H,18,20)(H,19,21). The Morgan fingerprint density at radius 1 is 1.09 bits per heavy atom. The Morgan fingerprint density at radius 3 is 2.41 bits per heavy atom. The van der Waals surface area contributed by atoms with E-state index in [0.29, 0.717) is 25.3 Å². The highest BCUT2D eigenvalue weighted by Gasteiger charge is 2.05. The Balaban J connectivity index is 2.17. The Bertz CT molecular complexity index is 501. The molecule has 0 bridgehead atoms. The summed E-state index contributed by atoms with van der Waals surface area (Å²) in [6, 6.07) is 5.83. The van der Waals surface area contributed by atoms with Gasteiger partial charge in [0.05, 0.1) is 0 Å². The maximum Gasteiger partial charge on any atom is 0.258 e. The third kappa shape index (κ3) is 7.11. The van der Waals surface area contributed by atoms with Crippen LogP contribution in [-0.4, -0.2) is 31.5 Å². The van der Waals surface area contributed by atoms with E-state index in [9.17, 15) is 9.59 Å². The Labute approximate surface area is 132 Å². The quantitative estimate of drug-likeness (QED) is 0.687. The lowest BCUT2D eigenvalue weighted by Crippen LogP contribution is -2.36. The number of benzene rings is 1. The van der Waals surface area contributed by atoms with E-state index < -0.39 is 0 Å². The fourth-order valence-electron chi connectivity index (χ4n) is 1.99. The molecule has 0 atom stereocenters. The molecule has 5 nitrogen and oxygen atoms in total. The van der Waals surface area contributed by atoms with Crippen LogP contribution >= 0.6 is 0 Å². The molecule has 5 heteroatoms. The lowest BCUT2D eigenvalue weighted by molar-refractivity contribution is -0.124. The van der Waals surface area contributed by atoms with Crippen LogP contribution in [0.25, 0.3) is 0 Å². The van der Waals surface area contributed by atoms with Crippen LogP contribution in [0.4, 0.5) is 0 Å². The summed E-state index contributed by atoms with van der Waals surface area (Å²) in [5.41, 5.74) is 2.17. The van der Waals surface area contributed by atoms with Crippen molar-refractivity contribution in [3.05, 3.63) is 29.3 Å². The number of hydrogen-bond acceptors (Lipinski definition) is 3. The van der Waals surface area contributed by atoms with Gasteiger partial charge >= 0.3 is 0 Å². The van der Waals surface area contributed by atoms with Gasteiger partial charge in [0.25, 0.3) is 5.91 Å². The molecule has 0 unspecified atom stereocenters. The van der Waals surface area contributed by atoms with E-state index >= 15 is 0 Å². The smallest absolute Gasteiger partial charge is 0.258 e. The van der Waals surface area contributed by atoms with Crippen molar-refractivity contribution in [2.45, 2.75) is 40.0 Å². The molecule has 0 aliphatic rings. The molecule has 0 aromatic heterocycles. The number of carbonyl (C=O) groups is 2. The van der Waals surface area contributed by atoms with E-state index in [4.69, 9.17) is 4.74 Å². The molecule has 0 radical (unpaired) electrons. The van der Waals surface area contributed by atoms with Crippen molar-refractivity contribution in [2.75, 3.05) is 19.7 Å². The predicted octanol–water partition coefficient (Wildman–Crippen LogP) is 2.10. The Kier molecular flexibility index (Phi) is 8.04. The van der Waals surface area contributed by atoms with Crippen LogP contribution in [0, 0.1) is 13.8 Å². The van der Waals surface area contributed by atoms with Gasteiger partial charge in [0.15, 0.2) is 6.61 Å². The van der Waals surface area contributed by atoms with Gasteiger partial charge in [-0.2, -0.15) is 0 Å². The molecule has 0 aliphatic carbocycles. The first kappa shape index (κ1) is 18.0. The molecule has 1 aromatic carbocycles. The lowest BCUT2D eigenvalue weighted by Gasteiger charge is -2.10. The topological polar surface area (TPSA) is 67.4 Å². The lowest BCUT2D eigenvalue weighted by atomic mass is 10.1. The summed E-state index contributed by atoms with van der Waals surface area (Å²) in [5, 5.41) is 5.48. The minimum atomic E-state index is -0.192. The van der Waals surface area contributed by atoms with Gasteiger partial charge in [0.1, 0.15) is 5.75 Å². The third-order valence-electron chi connectivity index (χ3n) is 3.22. The molecule has 0 fully saturated rings. The van der Waals surface area contributed by atoms with Crippen molar-refractivity contribution in [1.82, 2.24) is 10.6 Å². The van der Waals surface area contributed by atoms with Crippen molar-refractivity contribution in [3.63, 3.8) is 0 Å². The molecular weight excluding hydrogens is 280 g/mol. The van der Waals surface area contributed by atoms with Gasteiger partial charge in [-0.1, -0.05) is 31.0 Å². The molecule has 122 valence electrons. The van der Waals surface area contributed by atoms with Gasteiger partial charge in [-0.15, -0.1) is 0 Å². The number of ether oxygens (including phenoxy) is 1. The summed E-state index contributed by atoms with van der Waals surface area (Å²) in [5.74, 6) is 0.555. The monoisotopic (exact) mass is 306 g/mol. The van der Waals surface area contributed by atoms with Gasteiger partial charge in [0.2, 0.25) is 5.91 Å². The molecular formula is C17H26N2O3. The zero-order valence-electron chi connectivity index (χ0n) is 13.7. The maximum absolute atomic E-state index is 11.7. The number of unbranched alkanes of at least 4 members (excludes halogenated alkanes) is 1. The molecule has 1 rings (SSSR count). The fraction of sp³-hybridized carbons (Fsp3) is 0.529. The first-order valence-corrected chi connectivity index (χ1v) is 7.76. The number of amides is 2. The molecule has 0 heterocycles. The van der Waals surface area contributed by atoms with Gasteiger partial charge < -0.3 is 15.4 Å². The second kappa shape index (κ2) is 9.82. The van der Waals surface area contributed by atoms with Crippen molar-refractivity contribution < 1.29 is 14.3 Å². The van der Waals surface area contributed by atoms with Crippen molar-refractivity contribution in [1.29, 1.82) is 0 Å². The third-order valence-corrected chi connectivity index (χ3v) is 3.22. The van der Waals surface area contributed by atoms with Crippen LogP contribution in [0.1, 0.15) is 37.3 Å². The Hall–Kier alpha value is -2.04. The summed E-state index contributed by atoms with van der Waals surface area (Å²) >= 11 is 0. The van der Waals surface area contributed by atoms with Gasteiger partial charge in [0, 0.05) is 19.5 Å². The summed E-state index contributed by atoms with van der Waals surface area (Å²) in [4.78, 5) is 23.0. The van der Waals surface area contributed by atoms with Crippen LogP contribution in [0.5, 0.6) is 5.75 Å². The van der Waals surface area contributed by atoms with E-state index in [1.54, 1.807) is 0 Å². The van der Waals surface area contributed by atoms with Crippen LogP contribution in [0.2, 0.25) is 0 Å². The number of nitrogens with one attached hydrogen (secondary N) is 2. The molecule has 2 N–H and O–H groups in total. The minimum Gasteiger partial charge on any atom is -0.484 e. The number of hydrogen-bond donors (Lipinski definition) is 2. The zero-order valence-corrected chi connectivity index (χ0v) is 13.7. The molecule has 22 heavy (non-hydrogen) atoms. The van der Waals surface area contributed by atoms with Crippen LogP contribution in [-0.2, 0) is 9.59 Å². The van der Waals surface area contributed by atoms with E-state index in [1.165, 1.54) is 0 Å². The fourth-order valence-corrected chi connectivity index (χ4v) is 1.99. The van der Waals surface area contributed by atoms with E-state index in [0.717, 1.165) is 24.0 Å². The minimum absolute atomic E-state index is 0.0202. The Morgan fingerprint density at radius 2 is 1.77 bits per heavy atom. The SMILES string of the molecule is CCCCC(=O)NCCNC(=O)COc1ccc(C)cc1C. The van der Waals surface area contributed by atoms with Gasteiger partial charge in [-0.25, -0.2) is 0 Å². The molecule has 0 saturated carbocycles. The van der Waals surface area contributed by atoms with E-state index in [2.05, 4.69) is 10.6 Å². The second-order valence-corrected chi connectivity index (χ2v) is 5.36. The largest absolute Gasteiger partial charge is 0.484 e. The molecule has 0 saturated heterocycles. The molecule has 0 aliphatic heterocycles. The highest BCUT2D eigenvalue weighted by Crippen LogP contribution is 2.18. The molecule has 1 aromatic rings. The summed E-state index contributed by atoms with van der Waals surface area (Å²) in [6.45, 7) is 6.84. The zero-order chi connectivity index (χ0) is 16.4. The average molecular weight is 306 g/mol. The molecule has 0 spiro atoms. The van der Waals surface area contributed by atoms with E-state index in [-0.39, 0.29) is 18.4 Å². The predicted molar refractivity (Wildman–Crippen MR) is 87.0 cm³/mol. The summed E-state index contributed by atoms with van der Waals surface area (Å²) in [7, 11) is 0. The van der Waals surface area contributed by atoms with Gasteiger partial charge in [-0.3, -0.25) is 9.59 Å². The van der Waals surface area contributed by atoms with E-state index in [1.807, 2.05) is 39.0 Å². The van der Waals surface area contributed by atoms with Crippen LogP contribution in [0.3, 0.4) is 0 Å². The van der Waals surface area contributed by atoms with Crippen LogP contribution < -0.4 is 15.4 Å². The first-order valence-electron chi connectivity index (χ1n) is 7.76. The average Bonchev–Trinajstić information content (AvgIpc) is 2.48.